The number of carbonyl (C=O) groups is 2. The van der Waals surface area contributed by atoms with Crippen LogP contribution in [-0.2, 0) is 23.1 Å². The number of ether oxygens (including phenoxy) is 1. The Balaban J connectivity index is 2.10. The summed E-state index contributed by atoms with van der Waals surface area (Å²) < 4.78 is 9.25. The van der Waals surface area contributed by atoms with Gasteiger partial charge in [0.25, 0.3) is 5.91 Å². The van der Waals surface area contributed by atoms with Gasteiger partial charge in [-0.15, -0.1) is 0 Å². The van der Waals surface area contributed by atoms with E-state index in [0.717, 1.165) is 15.8 Å². The molecule has 0 fully saturated rings. The van der Waals surface area contributed by atoms with E-state index in [-0.39, 0.29) is 18.2 Å². The largest absolute Gasteiger partial charge is 0.465 e. The summed E-state index contributed by atoms with van der Waals surface area (Å²) >= 11 is 1.36. The topological polar surface area (TPSA) is 78.5 Å². The molecule has 0 aliphatic carbocycles. The Bertz CT molecular complexity index is 1010. The molecule has 25 heavy (non-hydrogen) atoms. The van der Waals surface area contributed by atoms with E-state index >= 15 is 0 Å². The lowest BCUT2D eigenvalue weighted by Crippen LogP contribution is -2.23. The predicted molar refractivity (Wildman–Crippen MR) is 94.3 cm³/mol. The number of aryl methyl sites for hydroxylation is 2. The fraction of sp³-hybridized carbons (Fsp3) is 0.294. The smallest absolute Gasteiger partial charge is 0.326 e. The zero-order valence-electron chi connectivity index (χ0n) is 14.2. The number of rotatable bonds is 4. The van der Waals surface area contributed by atoms with Gasteiger partial charge in [0.15, 0.2) is 10.5 Å². The molecule has 2 heterocycles. The monoisotopic (exact) mass is 358 g/mol. The van der Waals surface area contributed by atoms with Gasteiger partial charge in [-0.2, -0.15) is 10.1 Å². The fourth-order valence-electron chi connectivity index (χ4n) is 2.43. The molecule has 0 aliphatic heterocycles. The van der Waals surface area contributed by atoms with Crippen LogP contribution in [0.25, 0.3) is 10.2 Å². The zero-order chi connectivity index (χ0) is 18.0. The first kappa shape index (κ1) is 17.1. The molecule has 2 aromatic heterocycles. The van der Waals surface area contributed by atoms with Crippen LogP contribution >= 0.6 is 11.3 Å². The second kappa shape index (κ2) is 7.02. The van der Waals surface area contributed by atoms with Crippen molar-refractivity contribution in [2.45, 2.75) is 20.4 Å². The molecule has 0 unspecified atom stereocenters. The van der Waals surface area contributed by atoms with E-state index in [2.05, 4.69) is 10.1 Å². The lowest BCUT2D eigenvalue weighted by Gasteiger charge is -2.05. The molecule has 7 nitrogen and oxygen atoms in total. The van der Waals surface area contributed by atoms with Crippen molar-refractivity contribution in [3.63, 3.8) is 0 Å². The Morgan fingerprint density at radius 3 is 2.80 bits per heavy atom. The Kier molecular flexibility index (Phi) is 4.80. The highest BCUT2D eigenvalue weighted by atomic mass is 32.1. The van der Waals surface area contributed by atoms with Crippen LogP contribution in [-0.4, -0.2) is 32.8 Å². The Morgan fingerprint density at radius 2 is 2.12 bits per heavy atom. The Labute approximate surface area is 148 Å². The minimum Gasteiger partial charge on any atom is -0.465 e. The molecule has 0 saturated carbocycles. The third-order valence-electron chi connectivity index (χ3n) is 3.56. The summed E-state index contributed by atoms with van der Waals surface area (Å²) in [4.78, 5) is 29.0. The van der Waals surface area contributed by atoms with Gasteiger partial charge in [-0.3, -0.25) is 14.3 Å². The van der Waals surface area contributed by atoms with Crippen LogP contribution < -0.4 is 4.80 Å². The molecule has 0 radical (unpaired) electrons. The van der Waals surface area contributed by atoms with Gasteiger partial charge >= 0.3 is 5.97 Å². The van der Waals surface area contributed by atoms with Gasteiger partial charge in [-0.05, 0) is 37.6 Å². The van der Waals surface area contributed by atoms with Crippen LogP contribution in [0.4, 0.5) is 0 Å². The second-order valence-electron chi connectivity index (χ2n) is 5.54. The maximum Gasteiger partial charge on any atom is 0.326 e. The van der Waals surface area contributed by atoms with Crippen LogP contribution in [0.15, 0.2) is 35.5 Å². The molecule has 0 N–H and O–H groups in total. The molecule has 3 aromatic rings. The van der Waals surface area contributed by atoms with Gasteiger partial charge in [0.2, 0.25) is 0 Å². The molecule has 1 amide bonds. The van der Waals surface area contributed by atoms with E-state index in [1.165, 1.54) is 11.3 Å². The number of benzene rings is 1. The zero-order valence-corrected chi connectivity index (χ0v) is 15.0. The van der Waals surface area contributed by atoms with Crippen LogP contribution in [0.5, 0.6) is 0 Å². The number of amides is 1. The molecule has 0 atom stereocenters. The highest BCUT2D eigenvalue weighted by Crippen LogP contribution is 2.19. The third kappa shape index (κ3) is 3.69. The first-order valence-corrected chi connectivity index (χ1v) is 8.64. The Hall–Kier alpha value is -2.74. The Morgan fingerprint density at radius 1 is 1.32 bits per heavy atom. The summed E-state index contributed by atoms with van der Waals surface area (Å²) in [5.41, 5.74) is 2.20. The van der Waals surface area contributed by atoms with Crippen LogP contribution in [0.3, 0.4) is 0 Å². The first-order chi connectivity index (χ1) is 12.0. The normalized spacial score (nSPS) is 11.9. The van der Waals surface area contributed by atoms with Gasteiger partial charge in [0, 0.05) is 13.2 Å². The van der Waals surface area contributed by atoms with E-state index in [9.17, 15) is 9.59 Å². The van der Waals surface area contributed by atoms with Gasteiger partial charge in [-0.1, -0.05) is 17.4 Å². The molecular weight excluding hydrogens is 340 g/mol. The first-order valence-electron chi connectivity index (χ1n) is 7.82. The van der Waals surface area contributed by atoms with E-state index < -0.39 is 5.91 Å². The molecule has 8 heteroatoms. The summed E-state index contributed by atoms with van der Waals surface area (Å²) in [5, 5.41) is 4.07. The minimum absolute atomic E-state index is 0.00519. The number of hydrogen-bond acceptors (Lipinski definition) is 5. The number of hydrogen-bond donors (Lipinski definition) is 0. The average molecular weight is 358 g/mol. The fourth-order valence-corrected chi connectivity index (χ4v) is 3.55. The van der Waals surface area contributed by atoms with E-state index in [1.54, 1.807) is 35.5 Å². The van der Waals surface area contributed by atoms with Gasteiger partial charge in [-0.25, -0.2) is 0 Å². The van der Waals surface area contributed by atoms with Gasteiger partial charge in [0.1, 0.15) is 6.54 Å². The van der Waals surface area contributed by atoms with Crippen molar-refractivity contribution in [3.05, 3.63) is 46.5 Å². The summed E-state index contributed by atoms with van der Waals surface area (Å²) in [6, 6.07) is 7.50. The standard InChI is InChI=1S/C17H18N4O3S/c1-4-24-15(22)10-21-13-6-5-11(2)9-14(13)25-17(21)18-16(23)12-7-8-20(3)19-12/h5-9H,4,10H2,1-3H3. The maximum absolute atomic E-state index is 12.4. The van der Waals surface area contributed by atoms with Crippen molar-refractivity contribution in [2.75, 3.05) is 6.61 Å². The number of nitrogens with zero attached hydrogens (tertiary/aromatic N) is 4. The quantitative estimate of drug-likeness (QED) is 0.669. The molecule has 0 saturated heterocycles. The van der Waals surface area contributed by atoms with Crippen molar-refractivity contribution < 1.29 is 14.3 Å². The van der Waals surface area contributed by atoms with Crippen molar-refractivity contribution >= 4 is 33.4 Å². The molecule has 130 valence electrons. The summed E-state index contributed by atoms with van der Waals surface area (Å²) in [7, 11) is 1.74. The lowest BCUT2D eigenvalue weighted by atomic mass is 10.2. The maximum atomic E-state index is 12.4. The third-order valence-corrected chi connectivity index (χ3v) is 4.60. The van der Waals surface area contributed by atoms with E-state index in [0.29, 0.717) is 11.4 Å². The average Bonchev–Trinajstić information content (AvgIpc) is 3.12. The predicted octanol–water partition coefficient (Wildman–Crippen LogP) is 2.05. The minimum atomic E-state index is -0.443. The molecule has 3 rings (SSSR count). The van der Waals surface area contributed by atoms with Crippen LogP contribution in [0.2, 0.25) is 0 Å². The van der Waals surface area contributed by atoms with E-state index in [4.69, 9.17) is 4.74 Å². The highest BCUT2D eigenvalue weighted by Gasteiger charge is 2.14. The van der Waals surface area contributed by atoms with Crippen LogP contribution in [0.1, 0.15) is 23.0 Å². The number of carbonyl (C=O) groups excluding carboxylic acids is 2. The number of thiazole rings is 1. The van der Waals surface area contributed by atoms with Gasteiger partial charge in [0.05, 0.1) is 16.8 Å². The number of aromatic nitrogens is 3. The molecular formula is C17H18N4O3S. The molecule has 0 aliphatic rings. The van der Waals surface area contributed by atoms with E-state index in [1.807, 2.05) is 25.1 Å². The second-order valence-corrected chi connectivity index (χ2v) is 6.55. The van der Waals surface area contributed by atoms with Crippen LogP contribution in [0, 0.1) is 6.92 Å². The number of esters is 1. The summed E-state index contributed by atoms with van der Waals surface area (Å²) in [5.74, 6) is -0.809. The lowest BCUT2D eigenvalue weighted by molar-refractivity contribution is -0.143. The van der Waals surface area contributed by atoms with Crippen molar-refractivity contribution in [1.29, 1.82) is 0 Å². The molecule has 0 spiro atoms. The summed E-state index contributed by atoms with van der Waals surface area (Å²) in [6.45, 7) is 4.06. The SMILES string of the molecule is CCOC(=O)Cn1c(=NC(=O)c2ccn(C)n2)sc2cc(C)ccc21. The molecule has 0 bridgehead atoms. The number of fused-ring (bicyclic) bond motifs is 1. The van der Waals surface area contributed by atoms with Crippen molar-refractivity contribution in [3.8, 4) is 0 Å². The van der Waals surface area contributed by atoms with Gasteiger partial charge < -0.3 is 9.30 Å². The molecule has 1 aromatic carbocycles. The highest BCUT2D eigenvalue weighted by molar-refractivity contribution is 7.16. The van der Waals surface area contributed by atoms with Crippen molar-refractivity contribution in [2.24, 2.45) is 12.0 Å². The summed E-state index contributed by atoms with van der Waals surface area (Å²) in [6.07, 6.45) is 1.68. The van der Waals surface area contributed by atoms with Crippen molar-refractivity contribution in [1.82, 2.24) is 14.3 Å².